The van der Waals surface area contributed by atoms with Crippen LogP contribution in [0.1, 0.15) is 5.56 Å². The Bertz CT molecular complexity index is 218. The zero-order chi connectivity index (χ0) is 6.85. The molecular formula is C7H9N2. The van der Waals surface area contributed by atoms with Crippen molar-refractivity contribution in [2.24, 2.45) is 0 Å². The molecule has 0 aliphatic heterocycles. The Hall–Kier alpha value is -1.18. The molecule has 0 aliphatic rings. The monoisotopic (exact) mass is 121 g/mol. The fraction of sp³-hybridized carbons (Fsp3) is 0. The average Bonchev–Trinajstić information content (AvgIpc) is 1.80. The van der Waals surface area contributed by atoms with E-state index in [0.29, 0.717) is 11.4 Å². The first-order valence-electron chi connectivity index (χ1n) is 2.67. The number of rotatable bonds is 0. The van der Waals surface area contributed by atoms with E-state index in [2.05, 4.69) is 6.92 Å². The summed E-state index contributed by atoms with van der Waals surface area (Å²) in [5.41, 5.74) is 13.0. The second-order valence-corrected chi connectivity index (χ2v) is 1.96. The summed E-state index contributed by atoms with van der Waals surface area (Å²) in [6, 6.07) is 5.32. The Balaban J connectivity index is 3.17. The van der Waals surface area contributed by atoms with Crippen molar-refractivity contribution < 1.29 is 0 Å². The lowest BCUT2D eigenvalue weighted by atomic mass is 10.2. The van der Waals surface area contributed by atoms with Crippen LogP contribution in [0.15, 0.2) is 18.2 Å². The molecule has 2 heteroatoms. The van der Waals surface area contributed by atoms with Gasteiger partial charge in [-0.2, -0.15) is 0 Å². The minimum atomic E-state index is 0.600. The number of nitrogen functional groups attached to an aromatic ring is 2. The van der Waals surface area contributed by atoms with Crippen LogP contribution in [-0.4, -0.2) is 0 Å². The highest BCUT2D eigenvalue weighted by molar-refractivity contribution is 5.64. The zero-order valence-electron chi connectivity index (χ0n) is 5.09. The molecule has 1 aromatic rings. The van der Waals surface area contributed by atoms with Crippen molar-refractivity contribution in [3.05, 3.63) is 30.7 Å². The van der Waals surface area contributed by atoms with Gasteiger partial charge in [-0.15, -0.1) is 0 Å². The third kappa shape index (κ3) is 1.13. The highest BCUT2D eigenvalue weighted by Gasteiger charge is 1.90. The van der Waals surface area contributed by atoms with Crippen molar-refractivity contribution in [3.63, 3.8) is 0 Å². The second-order valence-electron chi connectivity index (χ2n) is 1.96. The fourth-order valence-corrected chi connectivity index (χ4v) is 0.624. The summed E-state index contributed by atoms with van der Waals surface area (Å²) in [7, 11) is 0. The highest BCUT2D eigenvalue weighted by Crippen LogP contribution is 2.14. The van der Waals surface area contributed by atoms with Crippen molar-refractivity contribution in [2.45, 2.75) is 0 Å². The lowest BCUT2D eigenvalue weighted by Crippen LogP contribution is -1.93. The summed E-state index contributed by atoms with van der Waals surface area (Å²) in [5.74, 6) is 0. The third-order valence-corrected chi connectivity index (χ3v) is 1.15. The van der Waals surface area contributed by atoms with Crippen LogP contribution in [0.25, 0.3) is 0 Å². The average molecular weight is 121 g/mol. The molecule has 0 spiro atoms. The maximum absolute atomic E-state index is 5.46. The molecule has 0 amide bonds. The number of nitrogens with two attached hydrogens (primary N) is 2. The summed E-state index contributed by atoms with van der Waals surface area (Å²) >= 11 is 0. The van der Waals surface area contributed by atoms with Crippen LogP contribution in [0.3, 0.4) is 0 Å². The quantitative estimate of drug-likeness (QED) is 0.504. The van der Waals surface area contributed by atoms with Crippen LogP contribution in [0.4, 0.5) is 11.4 Å². The van der Waals surface area contributed by atoms with E-state index in [1.807, 2.05) is 6.07 Å². The van der Waals surface area contributed by atoms with Gasteiger partial charge >= 0.3 is 0 Å². The Kier molecular flexibility index (Phi) is 1.30. The number of benzene rings is 1. The molecule has 1 rings (SSSR count). The Morgan fingerprint density at radius 2 is 1.78 bits per heavy atom. The van der Waals surface area contributed by atoms with Crippen LogP contribution in [0.5, 0.6) is 0 Å². The standard InChI is InChI=1S/C7H9N2/c1-5-2-3-6(8)7(9)4-5/h2-4H,1,8-9H2. The molecule has 0 atom stereocenters. The number of hydrogen-bond donors (Lipinski definition) is 2. The Morgan fingerprint density at radius 3 is 2.22 bits per heavy atom. The molecule has 9 heavy (non-hydrogen) atoms. The lowest BCUT2D eigenvalue weighted by molar-refractivity contribution is 1.60. The van der Waals surface area contributed by atoms with Gasteiger partial charge in [-0.3, -0.25) is 0 Å². The van der Waals surface area contributed by atoms with Crippen LogP contribution in [-0.2, 0) is 0 Å². The van der Waals surface area contributed by atoms with Gasteiger partial charge in [-0.25, -0.2) is 0 Å². The van der Waals surface area contributed by atoms with Gasteiger partial charge in [0.2, 0.25) is 0 Å². The Morgan fingerprint density at radius 1 is 1.11 bits per heavy atom. The molecule has 0 unspecified atom stereocenters. The third-order valence-electron chi connectivity index (χ3n) is 1.15. The highest BCUT2D eigenvalue weighted by atomic mass is 14.7. The van der Waals surface area contributed by atoms with Crippen LogP contribution >= 0.6 is 0 Å². The van der Waals surface area contributed by atoms with E-state index in [-0.39, 0.29) is 0 Å². The largest absolute Gasteiger partial charge is 0.397 e. The van der Waals surface area contributed by atoms with Gasteiger partial charge in [-0.1, -0.05) is 6.07 Å². The maximum atomic E-state index is 5.46. The van der Waals surface area contributed by atoms with Crippen LogP contribution in [0, 0.1) is 6.92 Å². The normalized spacial score (nSPS) is 9.44. The van der Waals surface area contributed by atoms with Crippen molar-refractivity contribution in [2.75, 3.05) is 11.5 Å². The van der Waals surface area contributed by atoms with Gasteiger partial charge in [0.25, 0.3) is 0 Å². The molecule has 0 fully saturated rings. The summed E-state index contributed by atoms with van der Waals surface area (Å²) in [5, 5.41) is 0. The molecule has 0 aliphatic carbocycles. The zero-order valence-corrected chi connectivity index (χ0v) is 5.09. The van der Waals surface area contributed by atoms with Gasteiger partial charge in [0, 0.05) is 0 Å². The topological polar surface area (TPSA) is 52.0 Å². The smallest absolute Gasteiger partial charge is 0.0550 e. The first kappa shape index (κ1) is 5.95. The molecule has 0 saturated heterocycles. The Labute approximate surface area is 54.5 Å². The van der Waals surface area contributed by atoms with Gasteiger partial charge in [0.15, 0.2) is 0 Å². The molecule has 2 nitrogen and oxygen atoms in total. The van der Waals surface area contributed by atoms with E-state index >= 15 is 0 Å². The van der Waals surface area contributed by atoms with Crippen LogP contribution < -0.4 is 11.5 Å². The SMILES string of the molecule is [CH2]c1ccc(N)c(N)c1. The molecule has 47 valence electrons. The van der Waals surface area contributed by atoms with E-state index in [9.17, 15) is 0 Å². The van der Waals surface area contributed by atoms with Gasteiger partial charge in [-0.05, 0) is 24.6 Å². The predicted octanol–water partition coefficient (Wildman–Crippen LogP) is 1.03. The van der Waals surface area contributed by atoms with E-state index in [4.69, 9.17) is 11.5 Å². The molecule has 0 aromatic heterocycles. The van der Waals surface area contributed by atoms with Gasteiger partial charge < -0.3 is 11.5 Å². The van der Waals surface area contributed by atoms with Crippen molar-refractivity contribution >= 4 is 11.4 Å². The maximum Gasteiger partial charge on any atom is 0.0550 e. The molecule has 0 saturated carbocycles. The van der Waals surface area contributed by atoms with E-state index in [1.54, 1.807) is 12.1 Å². The van der Waals surface area contributed by atoms with Crippen LogP contribution in [0.2, 0.25) is 0 Å². The second kappa shape index (κ2) is 1.97. The fourth-order valence-electron chi connectivity index (χ4n) is 0.624. The number of anilines is 2. The summed E-state index contributed by atoms with van der Waals surface area (Å²) in [4.78, 5) is 0. The van der Waals surface area contributed by atoms with Gasteiger partial charge in [0.05, 0.1) is 11.4 Å². The summed E-state index contributed by atoms with van der Waals surface area (Å²) in [6.07, 6.45) is 0. The molecule has 1 aromatic carbocycles. The lowest BCUT2D eigenvalue weighted by Gasteiger charge is -1.98. The molecule has 0 bridgehead atoms. The first-order chi connectivity index (χ1) is 4.20. The summed E-state index contributed by atoms with van der Waals surface area (Å²) in [6.45, 7) is 3.69. The minimum Gasteiger partial charge on any atom is -0.397 e. The van der Waals surface area contributed by atoms with Crippen molar-refractivity contribution in [1.29, 1.82) is 0 Å². The molecular weight excluding hydrogens is 112 g/mol. The van der Waals surface area contributed by atoms with Crippen molar-refractivity contribution in [1.82, 2.24) is 0 Å². The minimum absolute atomic E-state index is 0.600. The molecule has 0 heterocycles. The van der Waals surface area contributed by atoms with Gasteiger partial charge in [0.1, 0.15) is 0 Å². The van der Waals surface area contributed by atoms with E-state index < -0.39 is 0 Å². The van der Waals surface area contributed by atoms with Crippen molar-refractivity contribution in [3.8, 4) is 0 Å². The molecule has 1 radical (unpaired) electrons. The summed E-state index contributed by atoms with van der Waals surface area (Å²) < 4.78 is 0. The number of hydrogen-bond acceptors (Lipinski definition) is 2. The predicted molar refractivity (Wildman–Crippen MR) is 39.7 cm³/mol. The first-order valence-corrected chi connectivity index (χ1v) is 2.67. The van der Waals surface area contributed by atoms with E-state index in [0.717, 1.165) is 5.56 Å². The molecule has 4 N–H and O–H groups in total. The van der Waals surface area contributed by atoms with E-state index in [1.165, 1.54) is 0 Å².